The van der Waals surface area contributed by atoms with E-state index in [4.69, 9.17) is 0 Å². The molecule has 2 aliphatic carbocycles. The van der Waals surface area contributed by atoms with Gasteiger partial charge in [-0.05, 0) is 50.5 Å². The van der Waals surface area contributed by atoms with Crippen molar-refractivity contribution in [2.75, 3.05) is 0 Å². The van der Waals surface area contributed by atoms with E-state index in [1.165, 1.54) is 36.2 Å². The van der Waals surface area contributed by atoms with Crippen molar-refractivity contribution in [3.05, 3.63) is 23.0 Å². The standard InChI is InChI=1S/C17H27NO/c1-11(7-13-5-6-13)18-12(2)8-14-15(18)9-17(3,4)10-16(14)19/h8,11,13,16,19H,5-7,9-10H2,1-4H3. The van der Waals surface area contributed by atoms with E-state index in [2.05, 4.69) is 38.3 Å². The quantitative estimate of drug-likeness (QED) is 0.868. The molecule has 0 bridgehead atoms. The predicted molar refractivity (Wildman–Crippen MR) is 78.3 cm³/mol. The Balaban J connectivity index is 1.96. The molecule has 0 saturated heterocycles. The fraction of sp³-hybridized carbons (Fsp3) is 0.765. The van der Waals surface area contributed by atoms with Gasteiger partial charge in [-0.25, -0.2) is 0 Å². The Kier molecular flexibility index (Phi) is 3.05. The maximum Gasteiger partial charge on any atom is 0.0812 e. The highest BCUT2D eigenvalue weighted by Crippen LogP contribution is 2.44. The Bertz CT molecular complexity index is 482. The average Bonchev–Trinajstić information content (AvgIpc) is 3.00. The van der Waals surface area contributed by atoms with Crippen LogP contribution in [-0.2, 0) is 6.42 Å². The normalized spacial score (nSPS) is 27.1. The maximum atomic E-state index is 10.4. The molecule has 1 aromatic rings. The average molecular weight is 261 g/mol. The molecule has 0 radical (unpaired) electrons. The second-order valence-corrected chi connectivity index (χ2v) is 7.65. The minimum atomic E-state index is -0.271. The number of hydrogen-bond donors (Lipinski definition) is 1. The predicted octanol–water partition coefficient (Wildman–Crippen LogP) is 4.16. The van der Waals surface area contributed by atoms with E-state index in [9.17, 15) is 5.11 Å². The van der Waals surface area contributed by atoms with Crippen LogP contribution in [0.4, 0.5) is 0 Å². The number of nitrogens with zero attached hydrogens (tertiary/aromatic N) is 1. The van der Waals surface area contributed by atoms with E-state index in [0.717, 1.165) is 18.8 Å². The molecule has 2 heteroatoms. The van der Waals surface area contributed by atoms with Gasteiger partial charge in [-0.2, -0.15) is 0 Å². The van der Waals surface area contributed by atoms with Gasteiger partial charge in [0.2, 0.25) is 0 Å². The third-order valence-corrected chi connectivity index (χ3v) is 4.93. The Labute approximate surface area is 116 Å². The zero-order valence-electron chi connectivity index (χ0n) is 12.7. The summed E-state index contributed by atoms with van der Waals surface area (Å²) in [7, 11) is 0. The third kappa shape index (κ3) is 2.47. The minimum absolute atomic E-state index is 0.217. The molecule has 2 nitrogen and oxygen atoms in total. The Morgan fingerprint density at radius 2 is 2.11 bits per heavy atom. The lowest BCUT2D eigenvalue weighted by Gasteiger charge is -2.35. The van der Waals surface area contributed by atoms with Crippen molar-refractivity contribution < 1.29 is 5.11 Å². The maximum absolute atomic E-state index is 10.4. The van der Waals surface area contributed by atoms with Crippen LogP contribution in [0.25, 0.3) is 0 Å². The first kappa shape index (κ1) is 13.2. The van der Waals surface area contributed by atoms with Gasteiger partial charge in [0.1, 0.15) is 0 Å². The SMILES string of the molecule is Cc1cc2c(n1C(C)CC1CC1)CC(C)(C)CC2O. The fourth-order valence-electron chi connectivity index (χ4n) is 3.92. The summed E-state index contributed by atoms with van der Waals surface area (Å²) in [6, 6.07) is 2.80. The number of aromatic nitrogens is 1. The molecule has 2 atom stereocenters. The molecular weight excluding hydrogens is 234 g/mol. The van der Waals surface area contributed by atoms with Gasteiger partial charge in [0.25, 0.3) is 0 Å². The molecule has 1 heterocycles. The zero-order valence-corrected chi connectivity index (χ0v) is 12.7. The van der Waals surface area contributed by atoms with Crippen LogP contribution in [0.3, 0.4) is 0 Å². The van der Waals surface area contributed by atoms with Crippen LogP contribution in [0, 0.1) is 18.3 Å². The van der Waals surface area contributed by atoms with E-state index >= 15 is 0 Å². The number of aliphatic hydroxyl groups excluding tert-OH is 1. The monoisotopic (exact) mass is 261 g/mol. The van der Waals surface area contributed by atoms with Crippen molar-refractivity contribution in [1.29, 1.82) is 0 Å². The third-order valence-electron chi connectivity index (χ3n) is 4.93. The topological polar surface area (TPSA) is 25.2 Å². The minimum Gasteiger partial charge on any atom is -0.388 e. The van der Waals surface area contributed by atoms with E-state index in [0.29, 0.717) is 6.04 Å². The second kappa shape index (κ2) is 4.37. The van der Waals surface area contributed by atoms with Gasteiger partial charge in [0.05, 0.1) is 6.10 Å². The number of aliphatic hydroxyl groups is 1. The molecule has 106 valence electrons. The van der Waals surface area contributed by atoms with Gasteiger partial charge in [-0.3, -0.25) is 0 Å². The lowest BCUT2D eigenvalue weighted by Crippen LogP contribution is -2.27. The van der Waals surface area contributed by atoms with Crippen molar-refractivity contribution in [3.8, 4) is 0 Å². The number of hydrogen-bond acceptors (Lipinski definition) is 1. The number of aryl methyl sites for hydroxylation is 1. The molecule has 0 spiro atoms. The largest absolute Gasteiger partial charge is 0.388 e. The summed E-state index contributed by atoms with van der Waals surface area (Å²) in [4.78, 5) is 0. The van der Waals surface area contributed by atoms with Crippen LogP contribution < -0.4 is 0 Å². The Morgan fingerprint density at radius 3 is 2.74 bits per heavy atom. The van der Waals surface area contributed by atoms with Gasteiger partial charge in [0.15, 0.2) is 0 Å². The van der Waals surface area contributed by atoms with Gasteiger partial charge >= 0.3 is 0 Å². The lowest BCUT2D eigenvalue weighted by molar-refractivity contribution is 0.0974. The molecule has 1 aromatic heterocycles. The summed E-state index contributed by atoms with van der Waals surface area (Å²) in [5.41, 5.74) is 4.14. The molecule has 1 fully saturated rings. The Morgan fingerprint density at radius 1 is 1.42 bits per heavy atom. The molecule has 2 unspecified atom stereocenters. The highest BCUT2D eigenvalue weighted by molar-refractivity contribution is 5.33. The summed E-state index contributed by atoms with van der Waals surface area (Å²) in [5.74, 6) is 0.953. The molecule has 1 N–H and O–H groups in total. The summed E-state index contributed by atoms with van der Waals surface area (Å²) in [5, 5.41) is 10.4. The smallest absolute Gasteiger partial charge is 0.0812 e. The molecule has 0 aromatic carbocycles. The first-order valence-electron chi connectivity index (χ1n) is 7.76. The zero-order chi connectivity index (χ0) is 13.8. The highest BCUT2D eigenvalue weighted by Gasteiger charge is 2.35. The molecule has 1 saturated carbocycles. The van der Waals surface area contributed by atoms with E-state index < -0.39 is 0 Å². The molecule has 0 aliphatic heterocycles. The van der Waals surface area contributed by atoms with Crippen LogP contribution in [0.1, 0.15) is 75.6 Å². The van der Waals surface area contributed by atoms with Crippen molar-refractivity contribution in [3.63, 3.8) is 0 Å². The summed E-state index contributed by atoms with van der Waals surface area (Å²) in [6.45, 7) is 9.09. The van der Waals surface area contributed by atoms with E-state index in [1.807, 2.05) is 0 Å². The van der Waals surface area contributed by atoms with Gasteiger partial charge in [0, 0.05) is 23.0 Å². The first-order valence-corrected chi connectivity index (χ1v) is 7.76. The highest BCUT2D eigenvalue weighted by atomic mass is 16.3. The first-order chi connectivity index (χ1) is 8.87. The number of fused-ring (bicyclic) bond motifs is 1. The Hall–Kier alpha value is -0.760. The van der Waals surface area contributed by atoms with Crippen LogP contribution in [0.2, 0.25) is 0 Å². The number of rotatable bonds is 3. The van der Waals surface area contributed by atoms with E-state index in [1.54, 1.807) is 0 Å². The molecular formula is C17H27NO. The summed E-state index contributed by atoms with van der Waals surface area (Å²) < 4.78 is 2.51. The molecule has 2 aliphatic rings. The van der Waals surface area contributed by atoms with Crippen LogP contribution in [0.15, 0.2) is 6.07 Å². The van der Waals surface area contributed by atoms with Crippen molar-refractivity contribution in [2.45, 2.75) is 71.9 Å². The summed E-state index contributed by atoms with van der Waals surface area (Å²) in [6.07, 6.45) is 5.86. The molecule has 0 amide bonds. The second-order valence-electron chi connectivity index (χ2n) is 7.65. The molecule has 19 heavy (non-hydrogen) atoms. The van der Waals surface area contributed by atoms with Gasteiger partial charge < -0.3 is 9.67 Å². The van der Waals surface area contributed by atoms with Crippen LogP contribution >= 0.6 is 0 Å². The van der Waals surface area contributed by atoms with Gasteiger partial charge in [-0.1, -0.05) is 26.7 Å². The van der Waals surface area contributed by atoms with Crippen LogP contribution in [-0.4, -0.2) is 9.67 Å². The fourth-order valence-corrected chi connectivity index (χ4v) is 3.92. The van der Waals surface area contributed by atoms with Gasteiger partial charge in [-0.15, -0.1) is 0 Å². The van der Waals surface area contributed by atoms with Crippen molar-refractivity contribution in [2.24, 2.45) is 11.3 Å². The summed E-state index contributed by atoms with van der Waals surface area (Å²) >= 11 is 0. The van der Waals surface area contributed by atoms with Crippen LogP contribution in [0.5, 0.6) is 0 Å². The lowest BCUT2D eigenvalue weighted by atomic mass is 9.75. The van der Waals surface area contributed by atoms with Crippen molar-refractivity contribution in [1.82, 2.24) is 4.57 Å². The van der Waals surface area contributed by atoms with E-state index in [-0.39, 0.29) is 11.5 Å². The van der Waals surface area contributed by atoms with Crippen molar-refractivity contribution >= 4 is 0 Å². The molecule has 3 rings (SSSR count).